The Labute approximate surface area is 189 Å². The molecule has 2 aliphatic rings. The van der Waals surface area contributed by atoms with Crippen LogP contribution in [0.4, 0.5) is 5.69 Å². The zero-order valence-electron chi connectivity index (χ0n) is 18.8. The van der Waals surface area contributed by atoms with Gasteiger partial charge in [0.2, 0.25) is 11.8 Å². The lowest BCUT2D eigenvalue weighted by atomic mass is 10.1. The fourth-order valence-corrected chi connectivity index (χ4v) is 4.43. The van der Waals surface area contributed by atoms with Crippen LogP contribution in [-0.4, -0.2) is 56.2 Å². The minimum atomic E-state index is -0.370. The minimum Gasteiger partial charge on any atom is -0.495 e. The molecule has 0 aromatic heterocycles. The Morgan fingerprint density at radius 2 is 1.97 bits per heavy atom. The Morgan fingerprint density at radius 1 is 1.16 bits per heavy atom. The molecule has 2 aliphatic heterocycles. The van der Waals surface area contributed by atoms with Crippen LogP contribution in [0, 0.1) is 5.92 Å². The number of hydrogen-bond donors (Lipinski definition) is 1. The van der Waals surface area contributed by atoms with E-state index >= 15 is 0 Å². The largest absolute Gasteiger partial charge is 0.495 e. The Morgan fingerprint density at radius 3 is 2.78 bits per heavy atom. The van der Waals surface area contributed by atoms with Gasteiger partial charge in [-0.2, -0.15) is 0 Å². The second-order valence-electron chi connectivity index (χ2n) is 8.53. The third-order valence-corrected chi connectivity index (χ3v) is 6.06. The molecule has 2 aromatic carbocycles. The zero-order valence-corrected chi connectivity index (χ0v) is 18.8. The van der Waals surface area contributed by atoms with E-state index in [1.807, 2.05) is 36.4 Å². The maximum atomic E-state index is 12.8. The van der Waals surface area contributed by atoms with Crippen molar-refractivity contribution in [2.75, 3.05) is 38.3 Å². The molecule has 170 valence electrons. The molecular weight excluding hydrogens is 406 g/mol. The quantitative estimate of drug-likeness (QED) is 0.721. The van der Waals surface area contributed by atoms with Crippen LogP contribution in [0.2, 0.25) is 0 Å². The predicted molar refractivity (Wildman–Crippen MR) is 122 cm³/mol. The van der Waals surface area contributed by atoms with Gasteiger partial charge in [-0.25, -0.2) is 0 Å². The van der Waals surface area contributed by atoms with Gasteiger partial charge in [0.1, 0.15) is 5.75 Å². The van der Waals surface area contributed by atoms with Crippen molar-refractivity contribution in [2.24, 2.45) is 5.92 Å². The van der Waals surface area contributed by atoms with E-state index in [2.05, 4.69) is 29.3 Å². The van der Waals surface area contributed by atoms with E-state index in [9.17, 15) is 9.59 Å². The lowest BCUT2D eigenvalue weighted by molar-refractivity contribution is -0.126. The first kappa shape index (κ1) is 22.3. The SMILES string of the molecule is COc1ccccc1N1C[C@H](C(=O)NCc2cccc(CN3CCO[C@@H](C)C3)c2)CC1=O. The highest BCUT2D eigenvalue weighted by Crippen LogP contribution is 2.32. The van der Waals surface area contributed by atoms with E-state index in [1.165, 1.54) is 5.56 Å². The molecule has 0 radical (unpaired) electrons. The number of carbonyl (C=O) groups is 2. The van der Waals surface area contributed by atoms with Gasteiger partial charge in [0.15, 0.2) is 0 Å². The molecule has 2 amide bonds. The molecule has 4 rings (SSSR count). The third kappa shape index (κ3) is 5.29. The number of ether oxygens (including phenoxy) is 2. The molecule has 0 unspecified atom stereocenters. The van der Waals surface area contributed by atoms with Crippen LogP contribution in [-0.2, 0) is 27.4 Å². The summed E-state index contributed by atoms with van der Waals surface area (Å²) in [6.07, 6.45) is 0.467. The lowest BCUT2D eigenvalue weighted by Crippen LogP contribution is -2.40. The van der Waals surface area contributed by atoms with Gasteiger partial charge in [-0.1, -0.05) is 36.4 Å². The van der Waals surface area contributed by atoms with E-state index in [1.54, 1.807) is 12.0 Å². The van der Waals surface area contributed by atoms with Gasteiger partial charge >= 0.3 is 0 Å². The zero-order chi connectivity index (χ0) is 22.5. The smallest absolute Gasteiger partial charge is 0.227 e. The fraction of sp³-hybridized carbons (Fsp3) is 0.440. The molecule has 0 saturated carbocycles. The van der Waals surface area contributed by atoms with E-state index in [4.69, 9.17) is 9.47 Å². The first-order chi connectivity index (χ1) is 15.5. The minimum absolute atomic E-state index is 0.0589. The summed E-state index contributed by atoms with van der Waals surface area (Å²) in [5.41, 5.74) is 2.99. The van der Waals surface area contributed by atoms with Crippen LogP contribution >= 0.6 is 0 Å². The van der Waals surface area contributed by atoms with Crippen LogP contribution < -0.4 is 15.0 Å². The highest BCUT2D eigenvalue weighted by molar-refractivity contribution is 6.01. The van der Waals surface area contributed by atoms with Gasteiger partial charge in [0.05, 0.1) is 31.4 Å². The van der Waals surface area contributed by atoms with Crippen LogP contribution in [0.15, 0.2) is 48.5 Å². The van der Waals surface area contributed by atoms with Gasteiger partial charge < -0.3 is 19.7 Å². The number of para-hydroxylation sites is 2. The standard InChI is InChI=1S/C25H31N3O4/c1-18-15-27(10-11-32-18)16-20-7-5-6-19(12-20)14-26-25(30)21-13-24(29)28(17-21)22-8-3-4-9-23(22)31-2/h3-9,12,18,21H,10-11,13-17H2,1-2H3,(H,26,30)/t18-,21+/m0/s1. The van der Waals surface area contributed by atoms with Crippen LogP contribution in [0.25, 0.3) is 0 Å². The molecule has 2 atom stereocenters. The van der Waals surface area contributed by atoms with E-state index < -0.39 is 0 Å². The summed E-state index contributed by atoms with van der Waals surface area (Å²) in [5.74, 6) is 0.110. The van der Waals surface area contributed by atoms with Crippen molar-refractivity contribution < 1.29 is 19.1 Å². The van der Waals surface area contributed by atoms with Gasteiger partial charge in [-0.3, -0.25) is 14.5 Å². The van der Waals surface area contributed by atoms with Crippen LogP contribution in [0.1, 0.15) is 24.5 Å². The summed E-state index contributed by atoms with van der Waals surface area (Å²) >= 11 is 0. The summed E-state index contributed by atoms with van der Waals surface area (Å²) in [6.45, 7) is 6.42. The topological polar surface area (TPSA) is 71.1 Å². The van der Waals surface area contributed by atoms with E-state index in [-0.39, 0.29) is 30.3 Å². The Hall–Kier alpha value is -2.90. The molecule has 0 aliphatic carbocycles. The molecule has 2 saturated heterocycles. The highest BCUT2D eigenvalue weighted by atomic mass is 16.5. The number of methoxy groups -OCH3 is 1. The van der Waals surface area contributed by atoms with Gasteiger partial charge in [-0.15, -0.1) is 0 Å². The molecule has 7 heteroatoms. The number of nitrogens with one attached hydrogen (secondary N) is 1. The van der Waals surface area contributed by atoms with Crippen molar-refractivity contribution in [3.8, 4) is 5.75 Å². The summed E-state index contributed by atoms with van der Waals surface area (Å²) in [6, 6.07) is 15.7. The maximum Gasteiger partial charge on any atom is 0.227 e. The summed E-state index contributed by atoms with van der Waals surface area (Å²) in [7, 11) is 1.58. The number of morpholine rings is 1. The fourth-order valence-electron chi connectivity index (χ4n) is 4.43. The summed E-state index contributed by atoms with van der Waals surface area (Å²) < 4.78 is 11.0. The Balaban J connectivity index is 1.32. The van der Waals surface area contributed by atoms with Gasteiger partial charge in [0, 0.05) is 39.1 Å². The number of hydrogen-bond acceptors (Lipinski definition) is 5. The summed E-state index contributed by atoms with van der Waals surface area (Å²) in [4.78, 5) is 29.4. The summed E-state index contributed by atoms with van der Waals surface area (Å²) in [5, 5.41) is 3.02. The molecule has 32 heavy (non-hydrogen) atoms. The highest BCUT2D eigenvalue weighted by Gasteiger charge is 2.36. The maximum absolute atomic E-state index is 12.8. The molecule has 2 heterocycles. The third-order valence-electron chi connectivity index (χ3n) is 6.06. The molecule has 0 bridgehead atoms. The Kier molecular flexibility index (Phi) is 7.07. The molecule has 1 N–H and O–H groups in total. The second-order valence-corrected chi connectivity index (χ2v) is 8.53. The Bertz CT molecular complexity index is 964. The second kappa shape index (κ2) is 10.1. The molecule has 2 aromatic rings. The lowest BCUT2D eigenvalue weighted by Gasteiger charge is -2.31. The number of carbonyl (C=O) groups excluding carboxylic acids is 2. The monoisotopic (exact) mass is 437 g/mol. The number of amides is 2. The van der Waals surface area contributed by atoms with Crippen molar-refractivity contribution >= 4 is 17.5 Å². The normalized spacial score (nSPS) is 21.6. The van der Waals surface area contributed by atoms with Crippen molar-refractivity contribution in [1.82, 2.24) is 10.2 Å². The van der Waals surface area contributed by atoms with Gasteiger partial charge in [-0.05, 0) is 30.2 Å². The average Bonchev–Trinajstić information content (AvgIpc) is 3.19. The van der Waals surface area contributed by atoms with Crippen molar-refractivity contribution in [3.63, 3.8) is 0 Å². The van der Waals surface area contributed by atoms with Crippen molar-refractivity contribution in [3.05, 3.63) is 59.7 Å². The average molecular weight is 438 g/mol. The number of anilines is 1. The molecule has 0 spiro atoms. The van der Waals surface area contributed by atoms with Crippen LogP contribution in [0.3, 0.4) is 0 Å². The molecular formula is C25H31N3O4. The van der Waals surface area contributed by atoms with Gasteiger partial charge in [0.25, 0.3) is 0 Å². The van der Waals surface area contributed by atoms with Crippen molar-refractivity contribution in [1.29, 1.82) is 0 Å². The van der Waals surface area contributed by atoms with Crippen LogP contribution in [0.5, 0.6) is 5.75 Å². The number of rotatable bonds is 7. The number of benzene rings is 2. The first-order valence-corrected chi connectivity index (χ1v) is 11.2. The van der Waals surface area contributed by atoms with Crippen molar-refractivity contribution in [2.45, 2.75) is 32.5 Å². The van der Waals surface area contributed by atoms with E-state index in [0.717, 1.165) is 31.8 Å². The van der Waals surface area contributed by atoms with E-state index in [0.29, 0.717) is 24.5 Å². The first-order valence-electron chi connectivity index (χ1n) is 11.2. The molecule has 7 nitrogen and oxygen atoms in total. The molecule has 2 fully saturated rings. The number of nitrogens with zero attached hydrogens (tertiary/aromatic N) is 2. The predicted octanol–water partition coefficient (Wildman–Crippen LogP) is 2.59.